The van der Waals surface area contributed by atoms with E-state index in [1.165, 1.54) is 11.3 Å². The van der Waals surface area contributed by atoms with Crippen LogP contribution >= 0.6 is 38.9 Å². The molecule has 3 heterocycles. The van der Waals surface area contributed by atoms with Crippen molar-refractivity contribution >= 4 is 62.2 Å². The van der Waals surface area contributed by atoms with Gasteiger partial charge in [-0.25, -0.2) is 9.97 Å². The van der Waals surface area contributed by atoms with E-state index < -0.39 is 0 Å². The second kappa shape index (κ2) is 8.64. The van der Waals surface area contributed by atoms with Crippen LogP contribution in [-0.4, -0.2) is 47.0 Å². The fourth-order valence-electron chi connectivity index (χ4n) is 3.18. The molecule has 0 atom stereocenters. The number of halogens is 2. The van der Waals surface area contributed by atoms with E-state index >= 15 is 0 Å². The second-order valence-electron chi connectivity index (χ2n) is 6.53. The predicted octanol–water partition coefficient (Wildman–Crippen LogP) is 4.24. The summed E-state index contributed by atoms with van der Waals surface area (Å²) in [5.41, 5.74) is 1.80. The number of carbonyl (C=O) groups is 1. The first-order chi connectivity index (χ1) is 14.0. The summed E-state index contributed by atoms with van der Waals surface area (Å²) in [6, 6.07) is 9.76. The van der Waals surface area contributed by atoms with Crippen LogP contribution in [0, 0.1) is 6.92 Å². The van der Waals surface area contributed by atoms with Gasteiger partial charge in [0.1, 0.15) is 10.7 Å². The molecule has 0 unspecified atom stereocenters. The van der Waals surface area contributed by atoms with Crippen LogP contribution in [0.3, 0.4) is 0 Å². The maximum absolute atomic E-state index is 12.5. The highest BCUT2D eigenvalue weighted by Gasteiger charge is 2.20. The first kappa shape index (κ1) is 20.1. The average Bonchev–Trinajstić information content (AvgIpc) is 3.06. The van der Waals surface area contributed by atoms with Crippen LogP contribution < -0.4 is 15.1 Å². The topological polar surface area (TPSA) is 74.2 Å². The van der Waals surface area contributed by atoms with Gasteiger partial charge in [-0.05, 0) is 47.1 Å². The Balaban J connectivity index is 1.41. The lowest BCUT2D eigenvalue weighted by Gasteiger charge is -2.36. The van der Waals surface area contributed by atoms with E-state index in [2.05, 4.69) is 52.1 Å². The third kappa shape index (κ3) is 4.68. The van der Waals surface area contributed by atoms with Gasteiger partial charge in [0.05, 0.1) is 5.69 Å². The molecule has 1 fully saturated rings. The van der Waals surface area contributed by atoms with Gasteiger partial charge in [0.25, 0.3) is 5.91 Å². The molecule has 10 heteroatoms. The largest absolute Gasteiger partial charge is 0.368 e. The Morgan fingerprint density at radius 3 is 2.62 bits per heavy atom. The minimum absolute atomic E-state index is 0.256. The number of nitrogens with zero attached hydrogens (tertiary/aromatic N) is 5. The van der Waals surface area contributed by atoms with Crippen molar-refractivity contribution in [1.29, 1.82) is 0 Å². The monoisotopic (exact) mass is 492 g/mol. The second-order valence-corrected chi connectivity index (χ2v) is 9.24. The molecule has 0 radical (unpaired) electrons. The molecule has 1 aliphatic heterocycles. The standard InChI is InChI=1S/C19H18BrClN6OS/c1-12-16(29-18(20)23-12)17(28)25-19-22-6-5-15(24-19)27-9-7-26(8-10-27)14-4-2-3-13(21)11-14/h2-6,11H,7-10H2,1H3,(H,22,24,25,28). The van der Waals surface area contributed by atoms with Crippen molar-refractivity contribution in [3.8, 4) is 0 Å². The summed E-state index contributed by atoms with van der Waals surface area (Å²) >= 11 is 10.7. The van der Waals surface area contributed by atoms with Crippen molar-refractivity contribution in [1.82, 2.24) is 15.0 Å². The molecule has 1 aliphatic rings. The van der Waals surface area contributed by atoms with Gasteiger partial charge < -0.3 is 9.80 Å². The van der Waals surface area contributed by atoms with E-state index in [4.69, 9.17) is 11.6 Å². The van der Waals surface area contributed by atoms with E-state index in [1.54, 1.807) is 13.1 Å². The van der Waals surface area contributed by atoms with Crippen LogP contribution in [0.1, 0.15) is 15.4 Å². The van der Waals surface area contributed by atoms with Gasteiger partial charge in [0.15, 0.2) is 3.92 Å². The molecule has 29 heavy (non-hydrogen) atoms. The first-order valence-electron chi connectivity index (χ1n) is 9.02. The Morgan fingerprint density at radius 1 is 1.17 bits per heavy atom. The number of thiazole rings is 1. The molecule has 3 aromatic rings. The van der Waals surface area contributed by atoms with Gasteiger partial charge in [0, 0.05) is 43.1 Å². The number of amides is 1. The van der Waals surface area contributed by atoms with E-state index in [0.717, 1.165) is 42.7 Å². The summed E-state index contributed by atoms with van der Waals surface area (Å²) in [4.78, 5) is 30.4. The molecule has 2 aromatic heterocycles. The molecule has 4 rings (SSSR count). The van der Waals surface area contributed by atoms with E-state index in [9.17, 15) is 4.79 Å². The summed E-state index contributed by atoms with van der Waals surface area (Å²) in [6.07, 6.45) is 1.66. The maximum Gasteiger partial charge on any atom is 0.270 e. The SMILES string of the molecule is Cc1nc(Br)sc1C(=O)Nc1nccc(N2CCN(c3cccc(Cl)c3)CC2)n1. The molecule has 1 amide bonds. The number of benzene rings is 1. The number of piperazine rings is 1. The normalized spacial score (nSPS) is 14.2. The van der Waals surface area contributed by atoms with Crippen molar-refractivity contribution in [3.05, 3.63) is 56.0 Å². The minimum Gasteiger partial charge on any atom is -0.368 e. The number of anilines is 3. The number of rotatable bonds is 4. The highest BCUT2D eigenvalue weighted by molar-refractivity contribution is 9.11. The molecule has 0 spiro atoms. The third-order valence-electron chi connectivity index (χ3n) is 4.62. The lowest BCUT2D eigenvalue weighted by atomic mass is 10.2. The highest BCUT2D eigenvalue weighted by Crippen LogP contribution is 2.24. The Morgan fingerprint density at radius 2 is 1.93 bits per heavy atom. The summed E-state index contributed by atoms with van der Waals surface area (Å²) in [6.45, 7) is 5.16. The van der Waals surface area contributed by atoms with Crippen LogP contribution in [0.4, 0.5) is 17.5 Å². The number of aryl methyl sites for hydroxylation is 1. The Bertz CT molecular complexity index is 1040. The van der Waals surface area contributed by atoms with Crippen molar-refractivity contribution < 1.29 is 4.79 Å². The minimum atomic E-state index is -0.256. The zero-order chi connectivity index (χ0) is 20.4. The zero-order valence-electron chi connectivity index (χ0n) is 15.6. The van der Waals surface area contributed by atoms with Gasteiger partial charge in [-0.15, -0.1) is 11.3 Å². The van der Waals surface area contributed by atoms with Crippen LogP contribution in [0.5, 0.6) is 0 Å². The Labute approximate surface area is 185 Å². The fourth-order valence-corrected chi connectivity index (χ4v) is 4.81. The van der Waals surface area contributed by atoms with Crippen molar-refractivity contribution in [3.63, 3.8) is 0 Å². The van der Waals surface area contributed by atoms with Crippen LogP contribution in [0.15, 0.2) is 40.4 Å². The van der Waals surface area contributed by atoms with E-state index in [0.29, 0.717) is 14.5 Å². The third-order valence-corrected chi connectivity index (χ3v) is 6.46. The number of aromatic nitrogens is 3. The molecule has 1 aromatic carbocycles. The maximum atomic E-state index is 12.5. The molecule has 7 nitrogen and oxygen atoms in total. The van der Waals surface area contributed by atoms with Crippen molar-refractivity contribution in [2.24, 2.45) is 0 Å². The quantitative estimate of drug-likeness (QED) is 0.586. The average molecular weight is 494 g/mol. The first-order valence-corrected chi connectivity index (χ1v) is 11.0. The summed E-state index contributed by atoms with van der Waals surface area (Å²) in [5.74, 6) is 0.825. The van der Waals surface area contributed by atoms with Crippen LogP contribution in [-0.2, 0) is 0 Å². The van der Waals surface area contributed by atoms with E-state index in [1.807, 2.05) is 24.3 Å². The van der Waals surface area contributed by atoms with Crippen molar-refractivity contribution in [2.75, 3.05) is 41.3 Å². The number of carbonyl (C=O) groups excluding carboxylic acids is 1. The molecule has 150 valence electrons. The fraction of sp³-hybridized carbons (Fsp3) is 0.263. The summed E-state index contributed by atoms with van der Waals surface area (Å²) in [7, 11) is 0. The van der Waals surface area contributed by atoms with Crippen LogP contribution in [0.2, 0.25) is 5.02 Å². The lowest BCUT2D eigenvalue weighted by Crippen LogP contribution is -2.46. The predicted molar refractivity (Wildman–Crippen MR) is 120 cm³/mol. The van der Waals surface area contributed by atoms with Gasteiger partial charge in [0.2, 0.25) is 5.95 Å². The molecular formula is C19H18BrClN6OS. The van der Waals surface area contributed by atoms with Gasteiger partial charge >= 0.3 is 0 Å². The number of hydrogen-bond donors (Lipinski definition) is 1. The summed E-state index contributed by atoms with van der Waals surface area (Å²) < 4.78 is 0.674. The molecule has 1 N–H and O–H groups in total. The van der Waals surface area contributed by atoms with E-state index in [-0.39, 0.29) is 11.9 Å². The Hall–Kier alpha value is -2.23. The molecular weight excluding hydrogens is 476 g/mol. The molecule has 0 aliphatic carbocycles. The molecule has 0 bridgehead atoms. The molecule has 0 saturated carbocycles. The Kier molecular flexibility index (Phi) is 5.98. The van der Waals surface area contributed by atoms with Crippen molar-refractivity contribution in [2.45, 2.75) is 6.92 Å². The number of nitrogens with one attached hydrogen (secondary N) is 1. The van der Waals surface area contributed by atoms with Crippen LogP contribution in [0.25, 0.3) is 0 Å². The summed E-state index contributed by atoms with van der Waals surface area (Å²) in [5, 5.41) is 3.51. The molecule has 1 saturated heterocycles. The van der Waals surface area contributed by atoms with Gasteiger partial charge in [-0.1, -0.05) is 17.7 Å². The van der Waals surface area contributed by atoms with Gasteiger partial charge in [-0.2, -0.15) is 4.98 Å². The van der Waals surface area contributed by atoms with Gasteiger partial charge in [-0.3, -0.25) is 10.1 Å². The lowest BCUT2D eigenvalue weighted by molar-refractivity contribution is 0.102. The number of hydrogen-bond acceptors (Lipinski definition) is 7. The zero-order valence-corrected chi connectivity index (χ0v) is 18.8. The smallest absolute Gasteiger partial charge is 0.270 e. The highest BCUT2D eigenvalue weighted by atomic mass is 79.9.